The van der Waals surface area contributed by atoms with Crippen molar-refractivity contribution in [2.45, 2.75) is 26.7 Å². The summed E-state index contributed by atoms with van der Waals surface area (Å²) in [6, 6.07) is 2.16. The SMILES string of the molecule is C=C(C)C(CC#N)CC=CC. The first-order valence-electron chi connectivity index (χ1n) is 3.85. The van der Waals surface area contributed by atoms with Crippen molar-refractivity contribution in [1.29, 1.82) is 5.26 Å². The third-order valence-corrected chi connectivity index (χ3v) is 1.69. The molecule has 1 heteroatoms. The third kappa shape index (κ3) is 4.38. The number of nitrogens with zero attached hydrogens (tertiary/aromatic N) is 1. The Morgan fingerprint density at radius 3 is 2.73 bits per heavy atom. The van der Waals surface area contributed by atoms with Gasteiger partial charge in [-0.15, -0.1) is 0 Å². The van der Waals surface area contributed by atoms with E-state index in [0.29, 0.717) is 12.3 Å². The summed E-state index contributed by atoms with van der Waals surface area (Å²) in [5.41, 5.74) is 1.10. The van der Waals surface area contributed by atoms with Crippen LogP contribution >= 0.6 is 0 Å². The van der Waals surface area contributed by atoms with Gasteiger partial charge >= 0.3 is 0 Å². The minimum absolute atomic E-state index is 0.344. The molecule has 0 heterocycles. The summed E-state index contributed by atoms with van der Waals surface area (Å²) in [5, 5.41) is 8.47. The lowest BCUT2D eigenvalue weighted by atomic mass is 9.95. The van der Waals surface area contributed by atoms with Gasteiger partial charge in [-0.2, -0.15) is 5.26 Å². The zero-order valence-corrected chi connectivity index (χ0v) is 7.30. The monoisotopic (exact) mass is 149 g/mol. The largest absolute Gasteiger partial charge is 0.198 e. The highest BCUT2D eigenvalue weighted by Crippen LogP contribution is 2.16. The summed E-state index contributed by atoms with van der Waals surface area (Å²) in [6.07, 6.45) is 5.61. The minimum Gasteiger partial charge on any atom is -0.198 e. The molecular formula is C10H15N. The van der Waals surface area contributed by atoms with E-state index in [2.05, 4.69) is 18.7 Å². The lowest BCUT2D eigenvalue weighted by Gasteiger charge is -2.09. The molecule has 0 aliphatic heterocycles. The van der Waals surface area contributed by atoms with E-state index in [1.807, 2.05) is 19.9 Å². The van der Waals surface area contributed by atoms with Gasteiger partial charge in [0.05, 0.1) is 6.07 Å². The molecule has 0 aliphatic rings. The summed E-state index contributed by atoms with van der Waals surface area (Å²) < 4.78 is 0. The molecular weight excluding hydrogens is 134 g/mol. The van der Waals surface area contributed by atoms with Crippen LogP contribution in [0.4, 0.5) is 0 Å². The molecule has 60 valence electrons. The first-order valence-corrected chi connectivity index (χ1v) is 3.85. The first-order chi connectivity index (χ1) is 5.22. The number of rotatable bonds is 4. The molecule has 0 radical (unpaired) electrons. The van der Waals surface area contributed by atoms with Crippen LogP contribution in [-0.2, 0) is 0 Å². The summed E-state index contributed by atoms with van der Waals surface area (Å²) >= 11 is 0. The van der Waals surface area contributed by atoms with Gasteiger partial charge in [-0.25, -0.2) is 0 Å². The highest BCUT2D eigenvalue weighted by atomic mass is 14.2. The van der Waals surface area contributed by atoms with Crippen LogP contribution in [0.2, 0.25) is 0 Å². The molecule has 0 bridgehead atoms. The number of hydrogen-bond acceptors (Lipinski definition) is 1. The van der Waals surface area contributed by atoms with E-state index in [1.165, 1.54) is 0 Å². The topological polar surface area (TPSA) is 23.8 Å². The van der Waals surface area contributed by atoms with Gasteiger partial charge < -0.3 is 0 Å². The number of hydrogen-bond donors (Lipinski definition) is 0. The fraction of sp³-hybridized carbons (Fsp3) is 0.500. The highest BCUT2D eigenvalue weighted by Gasteiger charge is 2.05. The maximum atomic E-state index is 8.47. The molecule has 0 aliphatic carbocycles. The lowest BCUT2D eigenvalue weighted by Crippen LogP contribution is -1.97. The van der Waals surface area contributed by atoms with Crippen LogP contribution < -0.4 is 0 Å². The van der Waals surface area contributed by atoms with Gasteiger partial charge in [0.1, 0.15) is 0 Å². The van der Waals surface area contributed by atoms with Crippen LogP contribution in [0.5, 0.6) is 0 Å². The Bertz CT molecular complexity index is 184. The average Bonchev–Trinajstić information content (AvgIpc) is 1.97. The van der Waals surface area contributed by atoms with Gasteiger partial charge in [0, 0.05) is 6.42 Å². The first kappa shape index (κ1) is 9.97. The second-order valence-electron chi connectivity index (χ2n) is 2.71. The van der Waals surface area contributed by atoms with Gasteiger partial charge in [-0.05, 0) is 26.2 Å². The van der Waals surface area contributed by atoms with Crippen molar-refractivity contribution in [3.63, 3.8) is 0 Å². The molecule has 0 rings (SSSR count). The maximum absolute atomic E-state index is 8.47. The Hall–Kier alpha value is -1.03. The molecule has 1 unspecified atom stereocenters. The molecule has 1 nitrogen and oxygen atoms in total. The molecule has 0 saturated carbocycles. The van der Waals surface area contributed by atoms with Crippen molar-refractivity contribution >= 4 is 0 Å². The molecule has 0 N–H and O–H groups in total. The van der Waals surface area contributed by atoms with Crippen LogP contribution in [-0.4, -0.2) is 0 Å². The molecule has 1 atom stereocenters. The third-order valence-electron chi connectivity index (χ3n) is 1.69. The van der Waals surface area contributed by atoms with Crippen LogP contribution in [0.15, 0.2) is 24.3 Å². The predicted octanol–water partition coefficient (Wildman–Crippen LogP) is 3.06. The predicted molar refractivity (Wildman–Crippen MR) is 48.0 cm³/mol. The van der Waals surface area contributed by atoms with E-state index in [0.717, 1.165) is 12.0 Å². The van der Waals surface area contributed by atoms with Crippen molar-refractivity contribution in [2.75, 3.05) is 0 Å². The van der Waals surface area contributed by atoms with E-state index < -0.39 is 0 Å². The summed E-state index contributed by atoms with van der Waals surface area (Å²) in [6.45, 7) is 7.81. The molecule has 0 aromatic rings. The van der Waals surface area contributed by atoms with Gasteiger partial charge in [-0.3, -0.25) is 0 Å². The molecule has 0 fully saturated rings. The van der Waals surface area contributed by atoms with E-state index in [-0.39, 0.29) is 0 Å². The Labute approximate surface area is 69.0 Å². The van der Waals surface area contributed by atoms with Gasteiger partial charge in [0.2, 0.25) is 0 Å². The molecule has 0 amide bonds. The minimum atomic E-state index is 0.344. The normalized spacial score (nSPS) is 12.8. The van der Waals surface area contributed by atoms with Gasteiger partial charge in [0.25, 0.3) is 0 Å². The molecule has 0 aromatic heterocycles. The zero-order chi connectivity index (χ0) is 8.69. The highest BCUT2D eigenvalue weighted by molar-refractivity contribution is 5.02. The molecule has 11 heavy (non-hydrogen) atoms. The summed E-state index contributed by atoms with van der Waals surface area (Å²) in [4.78, 5) is 0. The van der Waals surface area contributed by atoms with Gasteiger partial charge in [-0.1, -0.05) is 24.3 Å². The second kappa shape index (κ2) is 5.73. The molecule has 0 aromatic carbocycles. The van der Waals surface area contributed by atoms with E-state index in [4.69, 9.17) is 5.26 Å². The maximum Gasteiger partial charge on any atom is 0.0628 e. The number of allylic oxidation sites excluding steroid dienone is 3. The van der Waals surface area contributed by atoms with Crippen LogP contribution in [0.1, 0.15) is 26.7 Å². The fourth-order valence-corrected chi connectivity index (χ4v) is 0.869. The van der Waals surface area contributed by atoms with Crippen LogP contribution in [0.25, 0.3) is 0 Å². The summed E-state index contributed by atoms with van der Waals surface area (Å²) in [7, 11) is 0. The Kier molecular flexibility index (Phi) is 5.20. The Morgan fingerprint density at radius 2 is 2.36 bits per heavy atom. The van der Waals surface area contributed by atoms with E-state index in [1.54, 1.807) is 0 Å². The van der Waals surface area contributed by atoms with E-state index in [9.17, 15) is 0 Å². The quantitative estimate of drug-likeness (QED) is 0.563. The van der Waals surface area contributed by atoms with Crippen LogP contribution in [0.3, 0.4) is 0 Å². The molecule has 0 saturated heterocycles. The van der Waals surface area contributed by atoms with Crippen molar-refractivity contribution in [3.8, 4) is 6.07 Å². The van der Waals surface area contributed by atoms with E-state index >= 15 is 0 Å². The van der Waals surface area contributed by atoms with Crippen molar-refractivity contribution in [2.24, 2.45) is 5.92 Å². The van der Waals surface area contributed by atoms with Crippen molar-refractivity contribution in [1.82, 2.24) is 0 Å². The second-order valence-corrected chi connectivity index (χ2v) is 2.71. The smallest absolute Gasteiger partial charge is 0.0628 e. The number of nitriles is 1. The van der Waals surface area contributed by atoms with Crippen LogP contribution in [0, 0.1) is 17.2 Å². The molecule has 0 spiro atoms. The zero-order valence-electron chi connectivity index (χ0n) is 7.30. The van der Waals surface area contributed by atoms with Crippen molar-refractivity contribution < 1.29 is 0 Å². The van der Waals surface area contributed by atoms with Gasteiger partial charge in [0.15, 0.2) is 0 Å². The standard InChI is InChI=1S/C10H15N/c1-4-5-6-10(7-8-11)9(2)3/h4-5,10H,2,6-7H2,1,3H3. The fourth-order valence-electron chi connectivity index (χ4n) is 0.869. The van der Waals surface area contributed by atoms with Crippen molar-refractivity contribution in [3.05, 3.63) is 24.3 Å². The lowest BCUT2D eigenvalue weighted by molar-refractivity contribution is 0.642. The summed E-state index contributed by atoms with van der Waals surface area (Å²) in [5.74, 6) is 0.344. The Balaban J connectivity index is 3.91. The Morgan fingerprint density at radius 1 is 1.73 bits per heavy atom. The average molecular weight is 149 g/mol.